The highest BCUT2D eigenvalue weighted by atomic mass is 32.1. The molecule has 0 unspecified atom stereocenters. The van der Waals surface area contributed by atoms with Gasteiger partial charge in [0.1, 0.15) is 0 Å². The summed E-state index contributed by atoms with van der Waals surface area (Å²) in [6.45, 7) is 2.15. The van der Waals surface area contributed by atoms with Crippen molar-refractivity contribution in [2.75, 3.05) is 6.79 Å². The molecule has 2 aromatic rings. The van der Waals surface area contributed by atoms with Crippen molar-refractivity contribution < 1.29 is 9.47 Å². The van der Waals surface area contributed by atoms with Gasteiger partial charge in [0, 0.05) is 22.8 Å². The monoisotopic (exact) mass is 287 g/mol. The molecule has 2 heterocycles. The normalized spacial score (nSPS) is 15.6. The summed E-state index contributed by atoms with van der Waals surface area (Å²) in [5.41, 5.74) is 2.81. The van der Waals surface area contributed by atoms with Crippen LogP contribution in [0.2, 0.25) is 0 Å². The van der Waals surface area contributed by atoms with Crippen molar-refractivity contribution >= 4 is 11.3 Å². The largest absolute Gasteiger partial charge is 0.454 e. The Morgan fingerprint density at radius 3 is 2.95 bits per heavy atom. The first-order valence-electron chi connectivity index (χ1n) is 7.08. The fourth-order valence-electron chi connectivity index (χ4n) is 2.86. The molecule has 20 heavy (non-hydrogen) atoms. The second-order valence-electron chi connectivity index (χ2n) is 5.31. The number of benzene rings is 1. The minimum Gasteiger partial charge on any atom is -0.454 e. The molecule has 0 fully saturated rings. The molecule has 0 spiro atoms. The smallest absolute Gasteiger partial charge is 0.231 e. The zero-order valence-corrected chi connectivity index (χ0v) is 12.1. The Labute approximate surface area is 122 Å². The van der Waals surface area contributed by atoms with Gasteiger partial charge in [0.05, 0.1) is 0 Å². The van der Waals surface area contributed by atoms with Crippen LogP contribution in [0, 0.1) is 0 Å². The minimum atomic E-state index is 0.340. The zero-order chi connectivity index (χ0) is 13.4. The van der Waals surface area contributed by atoms with Gasteiger partial charge in [-0.15, -0.1) is 11.3 Å². The third-order valence-corrected chi connectivity index (χ3v) is 5.10. The first-order chi connectivity index (χ1) is 9.88. The van der Waals surface area contributed by atoms with E-state index < -0.39 is 0 Å². The van der Waals surface area contributed by atoms with Crippen LogP contribution in [-0.4, -0.2) is 6.79 Å². The van der Waals surface area contributed by atoms with Gasteiger partial charge in [0.25, 0.3) is 0 Å². The van der Waals surface area contributed by atoms with Crippen molar-refractivity contribution in [2.24, 2.45) is 0 Å². The fourth-order valence-corrected chi connectivity index (χ4v) is 4.09. The van der Waals surface area contributed by atoms with Crippen LogP contribution in [0.5, 0.6) is 11.5 Å². The van der Waals surface area contributed by atoms with E-state index in [1.54, 1.807) is 10.4 Å². The van der Waals surface area contributed by atoms with Gasteiger partial charge < -0.3 is 14.8 Å². The lowest BCUT2D eigenvalue weighted by molar-refractivity contribution is 0.174. The summed E-state index contributed by atoms with van der Waals surface area (Å²) in [6.07, 6.45) is 3.89. The molecule has 104 valence electrons. The lowest BCUT2D eigenvalue weighted by Gasteiger charge is -2.05. The minimum absolute atomic E-state index is 0.340. The van der Waals surface area contributed by atoms with E-state index in [4.69, 9.17) is 9.47 Å². The summed E-state index contributed by atoms with van der Waals surface area (Å²) >= 11 is 1.97. The Morgan fingerprint density at radius 1 is 1.05 bits per heavy atom. The van der Waals surface area contributed by atoms with E-state index in [0.717, 1.165) is 24.6 Å². The van der Waals surface area contributed by atoms with E-state index in [-0.39, 0.29) is 0 Å². The molecule has 0 atom stereocenters. The molecule has 0 bridgehead atoms. The summed E-state index contributed by atoms with van der Waals surface area (Å²) in [7, 11) is 0. The Morgan fingerprint density at radius 2 is 2.00 bits per heavy atom. The number of thiophene rings is 1. The molecule has 0 radical (unpaired) electrons. The Hall–Kier alpha value is -1.52. The Kier molecular flexibility index (Phi) is 3.13. The van der Waals surface area contributed by atoms with Crippen molar-refractivity contribution in [1.82, 2.24) is 5.32 Å². The summed E-state index contributed by atoms with van der Waals surface area (Å²) in [4.78, 5) is 3.06. The lowest BCUT2D eigenvalue weighted by atomic mass is 10.2. The van der Waals surface area contributed by atoms with Crippen LogP contribution < -0.4 is 14.8 Å². The lowest BCUT2D eigenvalue weighted by Crippen LogP contribution is -2.11. The Balaban J connectivity index is 1.36. The highest BCUT2D eigenvalue weighted by Crippen LogP contribution is 2.33. The van der Waals surface area contributed by atoms with E-state index in [1.807, 2.05) is 17.4 Å². The van der Waals surface area contributed by atoms with Crippen LogP contribution in [0.3, 0.4) is 0 Å². The van der Waals surface area contributed by atoms with Gasteiger partial charge >= 0.3 is 0 Å². The van der Waals surface area contributed by atoms with Crippen molar-refractivity contribution in [2.45, 2.75) is 32.4 Å². The maximum absolute atomic E-state index is 5.40. The van der Waals surface area contributed by atoms with Crippen LogP contribution in [0.25, 0.3) is 0 Å². The molecule has 1 aromatic heterocycles. The zero-order valence-electron chi connectivity index (χ0n) is 11.3. The maximum Gasteiger partial charge on any atom is 0.231 e. The van der Waals surface area contributed by atoms with Gasteiger partial charge in [-0.3, -0.25) is 0 Å². The second kappa shape index (κ2) is 5.11. The van der Waals surface area contributed by atoms with Gasteiger partial charge in [-0.2, -0.15) is 0 Å². The maximum atomic E-state index is 5.40. The number of hydrogen-bond acceptors (Lipinski definition) is 4. The van der Waals surface area contributed by atoms with Crippen LogP contribution in [0.1, 0.15) is 27.3 Å². The van der Waals surface area contributed by atoms with Crippen LogP contribution in [0.4, 0.5) is 0 Å². The fraction of sp³-hybridized carbons (Fsp3) is 0.375. The van der Waals surface area contributed by atoms with Crippen LogP contribution in [0.15, 0.2) is 24.3 Å². The number of aryl methyl sites for hydroxylation is 2. The average Bonchev–Trinajstić information content (AvgIpc) is 3.12. The van der Waals surface area contributed by atoms with Gasteiger partial charge in [-0.05, 0) is 48.6 Å². The van der Waals surface area contributed by atoms with Crippen molar-refractivity contribution in [3.63, 3.8) is 0 Å². The van der Waals surface area contributed by atoms with Crippen LogP contribution >= 0.6 is 11.3 Å². The summed E-state index contributed by atoms with van der Waals surface area (Å²) < 4.78 is 10.7. The SMILES string of the molecule is c1cc2c(cc1CNCc1cc3c(s1)CCC3)OCO2. The molecule has 4 heteroatoms. The van der Waals surface area contributed by atoms with E-state index >= 15 is 0 Å². The van der Waals surface area contributed by atoms with Crippen molar-refractivity contribution in [3.8, 4) is 11.5 Å². The molecule has 2 aliphatic rings. The number of nitrogens with one attached hydrogen (secondary N) is 1. The molecular formula is C16H17NO2S. The molecule has 3 nitrogen and oxygen atoms in total. The molecule has 0 amide bonds. The molecule has 1 aromatic carbocycles. The number of ether oxygens (including phenoxy) is 2. The summed E-state index contributed by atoms with van der Waals surface area (Å²) in [6, 6.07) is 8.51. The number of hydrogen-bond donors (Lipinski definition) is 1. The van der Waals surface area contributed by atoms with Gasteiger partial charge in [-0.1, -0.05) is 6.07 Å². The standard InChI is InChI=1S/C16H17NO2S/c1-2-12-7-13(20-16(12)3-1)9-17-8-11-4-5-14-15(6-11)19-10-18-14/h4-7,17H,1-3,8-10H2. The molecule has 0 saturated carbocycles. The first kappa shape index (κ1) is 12.2. The van der Waals surface area contributed by atoms with E-state index in [1.165, 1.54) is 29.7 Å². The topological polar surface area (TPSA) is 30.5 Å². The average molecular weight is 287 g/mol. The third kappa shape index (κ3) is 2.30. The first-order valence-corrected chi connectivity index (χ1v) is 7.90. The quantitative estimate of drug-likeness (QED) is 0.936. The molecule has 1 N–H and O–H groups in total. The molecule has 1 aliphatic carbocycles. The predicted octanol–water partition coefficient (Wildman–Crippen LogP) is 3.26. The number of fused-ring (bicyclic) bond motifs is 2. The van der Waals surface area contributed by atoms with Gasteiger partial charge in [0.15, 0.2) is 11.5 Å². The van der Waals surface area contributed by atoms with E-state index in [9.17, 15) is 0 Å². The predicted molar refractivity (Wildman–Crippen MR) is 79.5 cm³/mol. The van der Waals surface area contributed by atoms with Crippen LogP contribution in [-0.2, 0) is 25.9 Å². The van der Waals surface area contributed by atoms with E-state index in [0.29, 0.717) is 6.79 Å². The number of rotatable bonds is 4. The molecular weight excluding hydrogens is 270 g/mol. The Bertz CT molecular complexity index is 614. The molecule has 1 aliphatic heterocycles. The van der Waals surface area contributed by atoms with Gasteiger partial charge in [-0.25, -0.2) is 0 Å². The highest BCUT2D eigenvalue weighted by Gasteiger charge is 2.15. The summed E-state index contributed by atoms with van der Waals surface area (Å²) in [5.74, 6) is 1.71. The summed E-state index contributed by atoms with van der Waals surface area (Å²) in [5, 5.41) is 3.51. The molecule has 0 saturated heterocycles. The van der Waals surface area contributed by atoms with E-state index in [2.05, 4.69) is 23.5 Å². The highest BCUT2D eigenvalue weighted by molar-refractivity contribution is 7.12. The van der Waals surface area contributed by atoms with Crippen molar-refractivity contribution in [3.05, 3.63) is 45.1 Å². The second-order valence-corrected chi connectivity index (χ2v) is 6.53. The third-order valence-electron chi connectivity index (χ3n) is 3.86. The molecule has 4 rings (SSSR count). The van der Waals surface area contributed by atoms with Gasteiger partial charge in [0.2, 0.25) is 6.79 Å². The van der Waals surface area contributed by atoms with Crippen molar-refractivity contribution in [1.29, 1.82) is 0 Å².